The summed E-state index contributed by atoms with van der Waals surface area (Å²) < 4.78 is 9.36. The molecule has 3 N–H and O–H groups in total. The first-order chi connectivity index (χ1) is 19.4. The van der Waals surface area contributed by atoms with Gasteiger partial charge in [-0.2, -0.15) is 0 Å². The van der Waals surface area contributed by atoms with Gasteiger partial charge in [-0.15, -0.1) is 0 Å². The molecule has 40 heavy (non-hydrogen) atoms. The summed E-state index contributed by atoms with van der Waals surface area (Å²) >= 11 is 0. The van der Waals surface area contributed by atoms with Gasteiger partial charge in [0.2, 0.25) is 5.79 Å². The van der Waals surface area contributed by atoms with E-state index in [2.05, 4.69) is 40.9 Å². The molecule has 8 heteroatoms. The van der Waals surface area contributed by atoms with Crippen molar-refractivity contribution in [1.82, 2.24) is 9.88 Å². The van der Waals surface area contributed by atoms with Gasteiger partial charge in [-0.25, -0.2) is 4.79 Å². The SMILES string of the molecule is CCCCC/C=C\C/C=C\CCCCCCCC=O.COCOC(=O)N(C)CC(O)(O)c1c[nH]c2ccccc12. The topological polar surface area (TPSA) is 112 Å². The number of nitrogens with zero attached hydrogens (tertiary/aromatic N) is 1. The molecule has 2 aromatic rings. The van der Waals surface area contributed by atoms with Crippen molar-refractivity contribution in [1.29, 1.82) is 0 Å². The maximum Gasteiger partial charge on any atom is 0.411 e. The van der Waals surface area contributed by atoms with Gasteiger partial charge < -0.3 is 34.4 Å². The Labute approximate surface area is 240 Å². The highest BCUT2D eigenvalue weighted by molar-refractivity contribution is 5.83. The van der Waals surface area contributed by atoms with Gasteiger partial charge in [0.05, 0.1) is 6.54 Å². The van der Waals surface area contributed by atoms with E-state index >= 15 is 0 Å². The number of nitrogens with one attached hydrogen (secondary N) is 1. The molecule has 1 amide bonds. The van der Waals surface area contributed by atoms with Crippen LogP contribution in [0, 0.1) is 0 Å². The molecule has 0 atom stereocenters. The predicted molar refractivity (Wildman–Crippen MR) is 161 cm³/mol. The number of benzene rings is 1. The highest BCUT2D eigenvalue weighted by Crippen LogP contribution is 2.27. The lowest BCUT2D eigenvalue weighted by atomic mass is 10.0. The second-order valence-electron chi connectivity index (χ2n) is 9.92. The quantitative estimate of drug-likeness (QED) is 0.0742. The number of hydrogen-bond donors (Lipinski definition) is 3. The second kappa shape index (κ2) is 21.8. The largest absolute Gasteiger partial charge is 0.422 e. The number of H-pyrrole nitrogens is 1. The fourth-order valence-corrected chi connectivity index (χ4v) is 4.14. The zero-order valence-electron chi connectivity index (χ0n) is 24.6. The molecule has 0 aliphatic rings. The molecule has 0 spiro atoms. The first-order valence-electron chi connectivity index (χ1n) is 14.5. The number of aromatic nitrogens is 1. The van der Waals surface area contributed by atoms with E-state index in [1.54, 1.807) is 12.1 Å². The number of rotatable bonds is 19. The van der Waals surface area contributed by atoms with E-state index in [1.165, 1.54) is 78.1 Å². The van der Waals surface area contributed by atoms with E-state index in [-0.39, 0.29) is 13.3 Å². The number of carbonyl (C=O) groups is 2. The highest BCUT2D eigenvalue weighted by Gasteiger charge is 2.32. The minimum absolute atomic E-state index is 0.194. The van der Waals surface area contributed by atoms with Crippen molar-refractivity contribution in [3.05, 3.63) is 60.3 Å². The predicted octanol–water partition coefficient (Wildman–Crippen LogP) is 6.98. The van der Waals surface area contributed by atoms with E-state index in [0.29, 0.717) is 10.9 Å². The number of carbonyl (C=O) groups excluding carboxylic acids is 2. The fraction of sp³-hybridized carbons (Fsp3) is 0.562. The minimum Gasteiger partial charge on any atom is -0.422 e. The number of allylic oxidation sites excluding steroid dienone is 4. The summed E-state index contributed by atoms with van der Waals surface area (Å²) in [6.07, 6.45) is 25.4. The van der Waals surface area contributed by atoms with Crippen molar-refractivity contribution in [2.75, 3.05) is 27.5 Å². The van der Waals surface area contributed by atoms with Gasteiger partial charge in [-0.05, 0) is 44.6 Å². The number of aliphatic hydroxyl groups is 2. The molecule has 2 rings (SSSR count). The highest BCUT2D eigenvalue weighted by atomic mass is 16.7. The molecule has 0 saturated carbocycles. The number of methoxy groups -OCH3 is 1. The van der Waals surface area contributed by atoms with Crippen molar-refractivity contribution in [3.63, 3.8) is 0 Å². The fourth-order valence-electron chi connectivity index (χ4n) is 4.14. The lowest BCUT2D eigenvalue weighted by molar-refractivity contribution is -0.177. The van der Waals surface area contributed by atoms with Crippen LogP contribution in [-0.2, 0) is 20.1 Å². The third kappa shape index (κ3) is 15.0. The molecule has 1 aromatic carbocycles. The summed E-state index contributed by atoms with van der Waals surface area (Å²) in [7, 11) is 2.80. The Morgan fingerprint density at radius 3 is 2.23 bits per heavy atom. The molecule has 8 nitrogen and oxygen atoms in total. The standard InChI is InChI=1S/C18H32O.C14H18N2O5/c1-2-3-4-5-6-7-8-9-10-11-12-13-14-15-16-17-18-19;1-16(13(17)21-9-20-2)8-14(18,19)11-7-15-12-6-4-3-5-10(11)12/h6-7,9-10,18H,2-5,8,11-17H2,1H3;3-7,15,18-19H,8-9H2,1-2H3/b7-6-,10-9-;. The smallest absolute Gasteiger partial charge is 0.411 e. The monoisotopic (exact) mass is 558 g/mol. The summed E-state index contributed by atoms with van der Waals surface area (Å²) in [6.45, 7) is 1.71. The van der Waals surface area contributed by atoms with Gasteiger partial charge in [-0.1, -0.05) is 81.5 Å². The Balaban J connectivity index is 0.000000403. The van der Waals surface area contributed by atoms with Crippen LogP contribution in [0.1, 0.15) is 89.5 Å². The summed E-state index contributed by atoms with van der Waals surface area (Å²) in [5.74, 6) is -2.19. The van der Waals surface area contributed by atoms with Crippen molar-refractivity contribution in [2.24, 2.45) is 0 Å². The number of amides is 1. The van der Waals surface area contributed by atoms with E-state index in [9.17, 15) is 19.8 Å². The number of hydrogen-bond acceptors (Lipinski definition) is 6. The minimum atomic E-state index is -2.19. The van der Waals surface area contributed by atoms with Crippen LogP contribution in [0.3, 0.4) is 0 Å². The number of ether oxygens (including phenoxy) is 2. The third-order valence-corrected chi connectivity index (χ3v) is 6.36. The number of unbranched alkanes of at least 4 members (excludes halogenated alkanes) is 9. The van der Waals surface area contributed by atoms with Crippen molar-refractivity contribution in [3.8, 4) is 0 Å². The van der Waals surface area contributed by atoms with Crippen molar-refractivity contribution in [2.45, 2.75) is 89.8 Å². The van der Waals surface area contributed by atoms with Gasteiger partial charge in [0.15, 0.2) is 6.79 Å². The first-order valence-corrected chi connectivity index (χ1v) is 14.5. The summed E-state index contributed by atoms with van der Waals surface area (Å²) in [5.41, 5.74) is 1.08. The van der Waals surface area contributed by atoms with Crippen LogP contribution in [-0.4, -0.2) is 60.0 Å². The molecule has 0 aliphatic carbocycles. The number of aldehydes is 1. The molecule has 0 bridgehead atoms. The lowest BCUT2D eigenvalue weighted by Crippen LogP contribution is -2.42. The Bertz CT molecular complexity index is 998. The third-order valence-electron chi connectivity index (χ3n) is 6.36. The number of para-hydroxylation sites is 1. The van der Waals surface area contributed by atoms with Gasteiger partial charge in [0, 0.05) is 43.2 Å². The normalized spacial score (nSPS) is 11.6. The van der Waals surface area contributed by atoms with Crippen LogP contribution in [0.4, 0.5) is 4.79 Å². The zero-order valence-corrected chi connectivity index (χ0v) is 24.6. The Hall–Kier alpha value is -2.94. The van der Waals surface area contributed by atoms with Crippen LogP contribution in [0.2, 0.25) is 0 Å². The van der Waals surface area contributed by atoms with Crippen molar-refractivity contribution < 1.29 is 29.3 Å². The molecular formula is C32H50N2O6. The van der Waals surface area contributed by atoms with E-state index in [4.69, 9.17) is 4.74 Å². The molecule has 0 saturated heterocycles. The Morgan fingerprint density at radius 2 is 1.57 bits per heavy atom. The average Bonchev–Trinajstić information content (AvgIpc) is 3.39. The maximum atomic E-state index is 11.6. The summed E-state index contributed by atoms with van der Waals surface area (Å²) in [4.78, 5) is 25.8. The van der Waals surface area contributed by atoms with Crippen LogP contribution in [0.5, 0.6) is 0 Å². The van der Waals surface area contributed by atoms with Crippen LogP contribution in [0.15, 0.2) is 54.8 Å². The van der Waals surface area contributed by atoms with Gasteiger partial charge in [-0.3, -0.25) is 0 Å². The molecule has 224 valence electrons. The second-order valence-corrected chi connectivity index (χ2v) is 9.92. The van der Waals surface area contributed by atoms with E-state index < -0.39 is 11.9 Å². The molecule has 0 aliphatic heterocycles. The first kappa shape index (κ1) is 35.1. The summed E-state index contributed by atoms with van der Waals surface area (Å²) in [6, 6.07) is 7.23. The molecular weight excluding hydrogens is 508 g/mol. The molecule has 0 radical (unpaired) electrons. The number of aromatic amines is 1. The van der Waals surface area contributed by atoms with Crippen LogP contribution in [0.25, 0.3) is 10.9 Å². The van der Waals surface area contributed by atoms with Crippen molar-refractivity contribution >= 4 is 23.3 Å². The molecule has 0 unspecified atom stereocenters. The van der Waals surface area contributed by atoms with Crippen LogP contribution >= 0.6 is 0 Å². The molecule has 0 fully saturated rings. The van der Waals surface area contributed by atoms with E-state index in [1.807, 2.05) is 12.1 Å². The van der Waals surface area contributed by atoms with Gasteiger partial charge in [0.1, 0.15) is 6.29 Å². The van der Waals surface area contributed by atoms with E-state index in [0.717, 1.165) is 36.0 Å². The van der Waals surface area contributed by atoms with Gasteiger partial charge in [0.25, 0.3) is 0 Å². The maximum absolute atomic E-state index is 11.6. The summed E-state index contributed by atoms with van der Waals surface area (Å²) in [5, 5.41) is 21.2. The number of likely N-dealkylation sites (N-methyl/N-ethyl adjacent to an activating group) is 1. The Kier molecular flexibility index (Phi) is 19.1. The lowest BCUT2D eigenvalue weighted by Gasteiger charge is -2.27. The Morgan fingerprint density at radius 1 is 0.950 bits per heavy atom. The van der Waals surface area contributed by atoms with Gasteiger partial charge >= 0.3 is 6.09 Å². The van der Waals surface area contributed by atoms with Crippen LogP contribution < -0.4 is 0 Å². The zero-order chi connectivity index (χ0) is 29.5. The number of fused-ring (bicyclic) bond motifs is 1. The molecule has 1 aromatic heterocycles. The average molecular weight is 559 g/mol. The molecule has 1 heterocycles.